The van der Waals surface area contributed by atoms with Crippen molar-refractivity contribution < 1.29 is 18.6 Å². The van der Waals surface area contributed by atoms with Crippen molar-refractivity contribution in [1.29, 1.82) is 0 Å². The molecule has 0 atom stereocenters. The van der Waals surface area contributed by atoms with E-state index in [1.807, 2.05) is 0 Å². The van der Waals surface area contributed by atoms with Crippen LogP contribution in [0.15, 0.2) is 52.3 Å². The van der Waals surface area contributed by atoms with E-state index in [1.165, 1.54) is 42.5 Å². The molecule has 0 aliphatic rings. The number of aromatic hydroxyl groups is 2. The number of hydrogen-bond donors (Lipinski definition) is 2. The highest BCUT2D eigenvalue weighted by Crippen LogP contribution is 2.29. The zero-order valence-corrected chi connectivity index (χ0v) is 10.5. The van der Waals surface area contributed by atoms with E-state index in [0.29, 0.717) is 5.56 Å². The second-order valence-corrected chi connectivity index (χ2v) is 5.82. The Morgan fingerprint density at radius 1 is 0.944 bits per heavy atom. The molecule has 18 heavy (non-hydrogen) atoms. The lowest BCUT2D eigenvalue weighted by atomic mass is 10.2. The molecular formula is C13H12O4S. The predicted molar refractivity (Wildman–Crippen MR) is 66.4 cm³/mol. The summed E-state index contributed by atoms with van der Waals surface area (Å²) in [5.74, 6) is -0.0589. The van der Waals surface area contributed by atoms with E-state index in [2.05, 4.69) is 0 Å². The standard InChI is InChI=1S/C13H12O4S/c1-9-12(15)3-2-4-13(9)18(16,17)11-7-5-10(14)6-8-11/h2-8,14-15H,1H3. The smallest absolute Gasteiger partial charge is 0.206 e. The Labute approximate surface area is 105 Å². The van der Waals surface area contributed by atoms with Gasteiger partial charge < -0.3 is 10.2 Å². The lowest BCUT2D eigenvalue weighted by molar-refractivity contribution is 0.468. The van der Waals surface area contributed by atoms with Crippen LogP contribution < -0.4 is 0 Å². The van der Waals surface area contributed by atoms with Crippen molar-refractivity contribution in [1.82, 2.24) is 0 Å². The van der Waals surface area contributed by atoms with E-state index < -0.39 is 9.84 Å². The SMILES string of the molecule is Cc1c(O)cccc1S(=O)(=O)c1ccc(O)cc1. The Morgan fingerprint density at radius 3 is 2.17 bits per heavy atom. The molecular weight excluding hydrogens is 252 g/mol. The summed E-state index contributed by atoms with van der Waals surface area (Å²) in [4.78, 5) is 0.141. The molecule has 0 heterocycles. The van der Waals surface area contributed by atoms with Crippen LogP contribution in [-0.4, -0.2) is 18.6 Å². The van der Waals surface area contributed by atoms with E-state index in [4.69, 9.17) is 5.11 Å². The number of sulfone groups is 1. The van der Waals surface area contributed by atoms with Crippen molar-refractivity contribution in [2.45, 2.75) is 16.7 Å². The molecule has 0 fully saturated rings. The van der Waals surface area contributed by atoms with Gasteiger partial charge in [-0.05, 0) is 43.3 Å². The van der Waals surface area contributed by atoms with Crippen molar-refractivity contribution in [2.75, 3.05) is 0 Å². The minimum atomic E-state index is -3.68. The second-order valence-electron chi connectivity index (χ2n) is 3.90. The normalized spacial score (nSPS) is 11.4. The second kappa shape index (κ2) is 4.34. The van der Waals surface area contributed by atoms with Gasteiger partial charge >= 0.3 is 0 Å². The van der Waals surface area contributed by atoms with Crippen LogP contribution in [-0.2, 0) is 9.84 Å². The van der Waals surface area contributed by atoms with Gasteiger partial charge in [-0.25, -0.2) is 8.42 Å². The van der Waals surface area contributed by atoms with Gasteiger partial charge in [0.1, 0.15) is 11.5 Å². The molecule has 0 aliphatic carbocycles. The molecule has 0 amide bonds. The van der Waals surface area contributed by atoms with Crippen molar-refractivity contribution in [3.63, 3.8) is 0 Å². The summed E-state index contributed by atoms with van der Waals surface area (Å²) in [7, 11) is -3.68. The molecule has 0 saturated heterocycles. The highest BCUT2D eigenvalue weighted by molar-refractivity contribution is 7.91. The average molecular weight is 264 g/mol. The summed E-state index contributed by atoms with van der Waals surface area (Å²) in [6, 6.07) is 9.64. The first-order valence-corrected chi connectivity index (χ1v) is 6.74. The average Bonchev–Trinajstić information content (AvgIpc) is 2.33. The predicted octanol–water partition coefficient (Wildman–Crippen LogP) is 2.24. The molecule has 2 aromatic carbocycles. The van der Waals surface area contributed by atoms with Gasteiger partial charge in [-0.2, -0.15) is 0 Å². The molecule has 0 spiro atoms. The maximum Gasteiger partial charge on any atom is 0.206 e. The van der Waals surface area contributed by atoms with Gasteiger partial charge in [-0.15, -0.1) is 0 Å². The lowest BCUT2D eigenvalue weighted by Crippen LogP contribution is -2.03. The Hall–Kier alpha value is -2.01. The highest BCUT2D eigenvalue weighted by Gasteiger charge is 2.20. The van der Waals surface area contributed by atoms with Gasteiger partial charge in [0.25, 0.3) is 0 Å². The third kappa shape index (κ3) is 2.04. The quantitative estimate of drug-likeness (QED) is 0.872. The van der Waals surface area contributed by atoms with Crippen LogP contribution in [0.1, 0.15) is 5.56 Å². The number of hydrogen-bond acceptors (Lipinski definition) is 4. The fourth-order valence-electron chi connectivity index (χ4n) is 1.65. The fourth-order valence-corrected chi connectivity index (χ4v) is 3.16. The van der Waals surface area contributed by atoms with Crippen LogP contribution in [0.3, 0.4) is 0 Å². The van der Waals surface area contributed by atoms with Gasteiger partial charge in [-0.1, -0.05) is 6.07 Å². The van der Waals surface area contributed by atoms with E-state index in [1.54, 1.807) is 6.92 Å². The first-order chi connectivity index (χ1) is 8.43. The minimum absolute atomic E-state index is 0.00146. The summed E-state index contributed by atoms with van der Waals surface area (Å²) in [5, 5.41) is 18.7. The van der Waals surface area contributed by atoms with E-state index in [-0.39, 0.29) is 21.3 Å². The molecule has 4 nitrogen and oxygen atoms in total. The van der Waals surface area contributed by atoms with Crippen molar-refractivity contribution >= 4 is 9.84 Å². The summed E-state index contributed by atoms with van der Waals surface area (Å²) >= 11 is 0. The highest BCUT2D eigenvalue weighted by atomic mass is 32.2. The molecule has 5 heteroatoms. The summed E-state index contributed by atoms with van der Waals surface area (Å²) in [6.45, 7) is 1.54. The molecule has 2 aromatic rings. The maximum absolute atomic E-state index is 12.3. The van der Waals surface area contributed by atoms with Crippen LogP contribution in [0, 0.1) is 6.92 Å². The van der Waals surface area contributed by atoms with Gasteiger partial charge in [0.15, 0.2) is 0 Å². The van der Waals surface area contributed by atoms with E-state index in [9.17, 15) is 13.5 Å². The molecule has 2 rings (SSSR count). The zero-order chi connectivity index (χ0) is 13.3. The Bertz CT molecular complexity index is 673. The minimum Gasteiger partial charge on any atom is -0.508 e. The van der Waals surface area contributed by atoms with Gasteiger partial charge in [-0.3, -0.25) is 0 Å². The lowest BCUT2D eigenvalue weighted by Gasteiger charge is -2.09. The van der Waals surface area contributed by atoms with Gasteiger partial charge in [0.2, 0.25) is 9.84 Å². The molecule has 0 aliphatic heterocycles. The third-order valence-electron chi connectivity index (χ3n) is 2.69. The van der Waals surface area contributed by atoms with Crippen LogP contribution in [0.2, 0.25) is 0 Å². The third-order valence-corrected chi connectivity index (χ3v) is 4.61. The first-order valence-electron chi connectivity index (χ1n) is 5.25. The number of phenols is 2. The zero-order valence-electron chi connectivity index (χ0n) is 9.66. The van der Waals surface area contributed by atoms with Gasteiger partial charge in [0.05, 0.1) is 9.79 Å². The van der Waals surface area contributed by atoms with Crippen LogP contribution in [0.25, 0.3) is 0 Å². The molecule has 94 valence electrons. The van der Waals surface area contributed by atoms with Crippen LogP contribution in [0.4, 0.5) is 0 Å². The Morgan fingerprint density at radius 2 is 1.56 bits per heavy atom. The topological polar surface area (TPSA) is 74.6 Å². The molecule has 2 N–H and O–H groups in total. The van der Waals surface area contributed by atoms with E-state index in [0.717, 1.165) is 0 Å². The maximum atomic E-state index is 12.3. The monoisotopic (exact) mass is 264 g/mol. The van der Waals surface area contributed by atoms with Gasteiger partial charge in [0, 0.05) is 5.56 Å². The summed E-state index contributed by atoms with van der Waals surface area (Å²) < 4.78 is 24.7. The van der Waals surface area contributed by atoms with Crippen LogP contribution in [0.5, 0.6) is 11.5 Å². The molecule has 0 radical (unpaired) electrons. The number of benzene rings is 2. The molecule has 0 bridgehead atoms. The molecule has 0 unspecified atom stereocenters. The summed E-state index contributed by atoms with van der Waals surface area (Å²) in [6.07, 6.45) is 0. The number of phenolic OH excluding ortho intramolecular Hbond substituents is 2. The molecule has 0 aromatic heterocycles. The fraction of sp³-hybridized carbons (Fsp3) is 0.0769. The first kappa shape index (κ1) is 12.4. The van der Waals surface area contributed by atoms with Crippen molar-refractivity contribution in [3.05, 3.63) is 48.0 Å². The summed E-state index contributed by atoms with van der Waals surface area (Å²) in [5.41, 5.74) is 0.311. The molecule has 0 saturated carbocycles. The Kier molecular flexibility index (Phi) is 3.00. The van der Waals surface area contributed by atoms with Crippen LogP contribution >= 0.6 is 0 Å². The van der Waals surface area contributed by atoms with E-state index >= 15 is 0 Å². The Balaban J connectivity index is 2.62. The number of rotatable bonds is 2. The van der Waals surface area contributed by atoms with Crippen molar-refractivity contribution in [2.24, 2.45) is 0 Å². The largest absolute Gasteiger partial charge is 0.508 e. The van der Waals surface area contributed by atoms with Crippen molar-refractivity contribution in [3.8, 4) is 11.5 Å².